The van der Waals surface area contributed by atoms with Gasteiger partial charge in [0, 0.05) is 24.3 Å². The lowest BCUT2D eigenvalue weighted by Crippen LogP contribution is -2.41. The van der Waals surface area contributed by atoms with E-state index in [-0.39, 0.29) is 11.8 Å². The van der Waals surface area contributed by atoms with Gasteiger partial charge in [0.1, 0.15) is 0 Å². The molecule has 2 aliphatic rings. The molecule has 3 unspecified atom stereocenters. The Kier molecular flexibility index (Phi) is 5.30. The Bertz CT molecular complexity index is 731. The summed E-state index contributed by atoms with van der Waals surface area (Å²) in [6.07, 6.45) is 3.35. The van der Waals surface area contributed by atoms with Gasteiger partial charge in [-0.1, -0.05) is 6.92 Å². The normalized spacial score (nSPS) is 25.3. The molecule has 1 aromatic carbocycles. The van der Waals surface area contributed by atoms with Gasteiger partial charge in [0.05, 0.1) is 11.8 Å². The number of carbonyl (C=O) groups excluding carboxylic acids is 2. The fourth-order valence-corrected chi connectivity index (χ4v) is 3.83. The number of aryl methyl sites for hydroxylation is 1. The fourth-order valence-electron chi connectivity index (χ4n) is 3.83. The number of piperidine rings is 1. The van der Waals surface area contributed by atoms with Crippen molar-refractivity contribution in [3.8, 4) is 0 Å². The summed E-state index contributed by atoms with van der Waals surface area (Å²) >= 11 is 0. The highest BCUT2D eigenvalue weighted by molar-refractivity contribution is 5.98. The van der Waals surface area contributed by atoms with Gasteiger partial charge in [0.15, 0.2) is 0 Å². The van der Waals surface area contributed by atoms with Crippen LogP contribution >= 0.6 is 0 Å². The highest BCUT2D eigenvalue weighted by atomic mass is 16.4. The number of carbonyl (C=O) groups is 3. The Morgan fingerprint density at radius 2 is 1.88 bits per heavy atom. The van der Waals surface area contributed by atoms with Crippen molar-refractivity contribution in [2.75, 3.05) is 18.4 Å². The van der Waals surface area contributed by atoms with Crippen molar-refractivity contribution >= 4 is 23.5 Å². The Hall–Kier alpha value is -2.37. The van der Waals surface area contributed by atoms with Crippen LogP contribution in [0.15, 0.2) is 18.2 Å². The number of carboxylic acids is 1. The van der Waals surface area contributed by atoms with Crippen LogP contribution < -0.4 is 5.32 Å². The van der Waals surface area contributed by atoms with Gasteiger partial charge < -0.3 is 15.3 Å². The van der Waals surface area contributed by atoms with Crippen LogP contribution in [0.3, 0.4) is 0 Å². The average Bonchev–Trinajstić information content (AvgIpc) is 2.54. The monoisotopic (exact) mass is 358 g/mol. The molecular weight excluding hydrogens is 332 g/mol. The van der Waals surface area contributed by atoms with E-state index in [4.69, 9.17) is 5.11 Å². The Morgan fingerprint density at radius 3 is 2.46 bits per heavy atom. The number of nitrogens with zero attached hydrogens (tertiary/aromatic N) is 1. The molecule has 6 heteroatoms. The van der Waals surface area contributed by atoms with Gasteiger partial charge in [-0.15, -0.1) is 0 Å². The summed E-state index contributed by atoms with van der Waals surface area (Å²) in [6.45, 7) is 5.59. The maximum Gasteiger partial charge on any atom is 0.307 e. The van der Waals surface area contributed by atoms with Crippen LogP contribution in [0.5, 0.6) is 0 Å². The molecule has 26 heavy (non-hydrogen) atoms. The van der Waals surface area contributed by atoms with E-state index in [9.17, 15) is 14.4 Å². The minimum Gasteiger partial charge on any atom is -0.481 e. The number of aliphatic carboxylic acids is 1. The zero-order chi connectivity index (χ0) is 18.8. The molecule has 1 aliphatic heterocycles. The minimum atomic E-state index is -0.912. The molecule has 6 nitrogen and oxygen atoms in total. The zero-order valence-corrected chi connectivity index (χ0v) is 15.3. The first kappa shape index (κ1) is 18.4. The molecule has 2 fully saturated rings. The second-order valence-electron chi connectivity index (χ2n) is 7.65. The first-order valence-electron chi connectivity index (χ1n) is 9.30. The molecule has 1 aromatic rings. The summed E-state index contributed by atoms with van der Waals surface area (Å²) in [4.78, 5) is 38.0. The third kappa shape index (κ3) is 3.74. The third-order valence-corrected chi connectivity index (χ3v) is 5.60. The molecule has 1 aliphatic carbocycles. The molecule has 1 heterocycles. The molecule has 3 rings (SSSR count). The lowest BCUT2D eigenvalue weighted by molar-refractivity contribution is -0.151. The van der Waals surface area contributed by atoms with Crippen LogP contribution in [0.4, 0.5) is 5.69 Å². The third-order valence-electron chi connectivity index (χ3n) is 5.60. The standard InChI is InChI=1S/C20H26N2O4/c1-12-4-3-9-22(11-12)19(24)14-5-8-17(13(2)10-14)21-18(23)15-6-7-16(15)20(25)26/h5,8,10,12,15-16H,3-4,6-7,9,11H2,1-2H3,(H,21,23)(H,25,26). The average molecular weight is 358 g/mol. The van der Waals surface area contributed by atoms with E-state index in [2.05, 4.69) is 12.2 Å². The number of likely N-dealkylation sites (tertiary alicyclic amines) is 1. The molecule has 140 valence electrons. The van der Waals surface area contributed by atoms with E-state index >= 15 is 0 Å². The van der Waals surface area contributed by atoms with Gasteiger partial charge in [-0.05, 0) is 62.3 Å². The van der Waals surface area contributed by atoms with Crippen molar-refractivity contribution in [3.05, 3.63) is 29.3 Å². The first-order chi connectivity index (χ1) is 12.4. The number of nitrogens with one attached hydrogen (secondary N) is 1. The van der Waals surface area contributed by atoms with Crippen molar-refractivity contribution in [3.63, 3.8) is 0 Å². The molecule has 0 spiro atoms. The van der Waals surface area contributed by atoms with E-state index in [1.807, 2.05) is 11.8 Å². The number of hydrogen-bond acceptors (Lipinski definition) is 3. The summed E-state index contributed by atoms with van der Waals surface area (Å²) < 4.78 is 0. The number of amides is 2. The fraction of sp³-hybridized carbons (Fsp3) is 0.550. The van der Waals surface area contributed by atoms with Crippen LogP contribution in [0, 0.1) is 24.7 Å². The lowest BCUT2D eigenvalue weighted by Gasteiger charge is -2.32. The molecule has 3 atom stereocenters. The maximum atomic E-state index is 12.7. The molecular formula is C20H26N2O4. The number of rotatable bonds is 4. The maximum absolute atomic E-state index is 12.7. The number of hydrogen-bond donors (Lipinski definition) is 2. The Morgan fingerprint density at radius 1 is 1.15 bits per heavy atom. The second-order valence-corrected chi connectivity index (χ2v) is 7.65. The summed E-state index contributed by atoms with van der Waals surface area (Å²) in [6, 6.07) is 5.27. The quantitative estimate of drug-likeness (QED) is 0.866. The van der Waals surface area contributed by atoms with Crippen molar-refractivity contribution in [2.24, 2.45) is 17.8 Å². The van der Waals surface area contributed by atoms with Gasteiger partial charge >= 0.3 is 5.97 Å². The van der Waals surface area contributed by atoms with Gasteiger partial charge in [-0.2, -0.15) is 0 Å². The lowest BCUT2D eigenvalue weighted by atomic mass is 9.73. The molecule has 1 saturated carbocycles. The summed E-state index contributed by atoms with van der Waals surface area (Å²) in [5.74, 6) is -1.67. The van der Waals surface area contributed by atoms with Gasteiger partial charge in [-0.25, -0.2) is 0 Å². The largest absolute Gasteiger partial charge is 0.481 e. The van der Waals surface area contributed by atoms with Crippen LogP contribution in [-0.2, 0) is 9.59 Å². The second kappa shape index (κ2) is 7.48. The van der Waals surface area contributed by atoms with Gasteiger partial charge in [0.2, 0.25) is 5.91 Å². The zero-order valence-electron chi connectivity index (χ0n) is 15.3. The van der Waals surface area contributed by atoms with Crippen LogP contribution in [0.1, 0.15) is 48.5 Å². The highest BCUT2D eigenvalue weighted by Crippen LogP contribution is 2.35. The number of anilines is 1. The van der Waals surface area contributed by atoms with Gasteiger partial charge in [0.25, 0.3) is 5.91 Å². The molecule has 2 amide bonds. The minimum absolute atomic E-state index is 0.0301. The van der Waals surface area contributed by atoms with Crippen LogP contribution in [0.25, 0.3) is 0 Å². The topological polar surface area (TPSA) is 86.7 Å². The predicted molar refractivity (Wildman–Crippen MR) is 98.0 cm³/mol. The van der Waals surface area contributed by atoms with Crippen LogP contribution in [-0.4, -0.2) is 40.9 Å². The molecule has 2 N–H and O–H groups in total. The number of carboxylic acid groups (broad SMARTS) is 1. The van der Waals surface area contributed by atoms with Crippen molar-refractivity contribution < 1.29 is 19.5 Å². The first-order valence-corrected chi connectivity index (χ1v) is 9.30. The smallest absolute Gasteiger partial charge is 0.307 e. The summed E-state index contributed by atoms with van der Waals surface area (Å²) in [5, 5.41) is 11.9. The number of benzene rings is 1. The van der Waals surface area contributed by atoms with Crippen molar-refractivity contribution in [2.45, 2.75) is 39.5 Å². The molecule has 0 bridgehead atoms. The Balaban J connectivity index is 1.67. The Labute approximate surface area is 153 Å². The van der Waals surface area contributed by atoms with Crippen molar-refractivity contribution in [1.82, 2.24) is 4.90 Å². The van der Waals surface area contributed by atoms with Gasteiger partial charge in [-0.3, -0.25) is 14.4 Å². The van der Waals surface area contributed by atoms with E-state index in [0.29, 0.717) is 30.0 Å². The van der Waals surface area contributed by atoms with E-state index in [1.165, 1.54) is 0 Å². The SMILES string of the molecule is Cc1cc(C(=O)N2CCCC(C)C2)ccc1NC(=O)C1CCC1C(=O)O. The molecule has 1 saturated heterocycles. The van der Waals surface area contributed by atoms with E-state index in [0.717, 1.165) is 31.5 Å². The summed E-state index contributed by atoms with van der Waals surface area (Å²) in [7, 11) is 0. The van der Waals surface area contributed by atoms with E-state index < -0.39 is 17.8 Å². The summed E-state index contributed by atoms with van der Waals surface area (Å²) in [5.41, 5.74) is 2.07. The highest BCUT2D eigenvalue weighted by Gasteiger charge is 2.41. The predicted octanol–water partition coefficient (Wildman–Crippen LogP) is 2.92. The molecule has 0 radical (unpaired) electrons. The van der Waals surface area contributed by atoms with Crippen LogP contribution in [0.2, 0.25) is 0 Å². The van der Waals surface area contributed by atoms with Crippen molar-refractivity contribution in [1.29, 1.82) is 0 Å². The van der Waals surface area contributed by atoms with E-state index in [1.54, 1.807) is 18.2 Å². The molecule has 0 aromatic heterocycles.